The molecule has 32 heavy (non-hydrogen) atoms. The number of amides is 1. The van der Waals surface area contributed by atoms with Crippen LogP contribution in [0.15, 0.2) is 24.3 Å². The Morgan fingerprint density at radius 2 is 1.72 bits per heavy atom. The number of halogens is 1. The lowest BCUT2D eigenvalue weighted by Crippen LogP contribution is -2.58. The number of nitrogens with zero attached hydrogens (tertiary/aromatic N) is 3. The molecule has 1 aromatic rings. The molecule has 0 spiro atoms. The van der Waals surface area contributed by atoms with Crippen LogP contribution < -0.4 is 0 Å². The fourth-order valence-electron chi connectivity index (χ4n) is 5.54. The Hall–Kier alpha value is -1.08. The molecule has 2 aliphatic rings. The molecule has 3 rings (SSSR count). The van der Waals surface area contributed by atoms with Crippen LogP contribution in [-0.2, 0) is 4.79 Å². The summed E-state index contributed by atoms with van der Waals surface area (Å²) >= 11 is 6.13. The van der Waals surface area contributed by atoms with Crippen molar-refractivity contribution in [1.29, 1.82) is 0 Å². The lowest BCUT2D eigenvalue weighted by molar-refractivity contribution is -0.139. The zero-order valence-corrected chi connectivity index (χ0v) is 21.3. The highest BCUT2D eigenvalue weighted by Gasteiger charge is 2.37. The summed E-state index contributed by atoms with van der Waals surface area (Å²) in [4.78, 5) is 20.2. The predicted molar refractivity (Wildman–Crippen MR) is 134 cm³/mol. The van der Waals surface area contributed by atoms with E-state index in [9.17, 15) is 9.82 Å². The monoisotopic (exact) mass is 461 g/mol. The molecule has 0 radical (unpaired) electrons. The molecule has 0 saturated carbocycles. The second-order valence-electron chi connectivity index (χ2n) is 10.4. The Labute approximate surface area is 200 Å². The van der Waals surface area contributed by atoms with E-state index >= 15 is 0 Å². The van der Waals surface area contributed by atoms with E-state index in [0.717, 1.165) is 50.6 Å². The average molecular weight is 462 g/mol. The summed E-state index contributed by atoms with van der Waals surface area (Å²) in [5, 5.41) is 10.6. The van der Waals surface area contributed by atoms with Crippen LogP contribution in [0.3, 0.4) is 0 Å². The Bertz CT molecular complexity index is 735. The van der Waals surface area contributed by atoms with E-state index in [1.807, 2.05) is 19.0 Å². The number of benzene rings is 1. The van der Waals surface area contributed by atoms with Gasteiger partial charge in [-0.3, -0.25) is 9.69 Å². The molecule has 178 valence electrons. The number of rotatable bonds is 7. The molecule has 5 nitrogen and oxygen atoms in total. The van der Waals surface area contributed by atoms with Crippen molar-refractivity contribution in [2.75, 3.05) is 32.7 Å². The highest BCUT2D eigenvalue weighted by molar-refractivity contribution is 6.45. The number of piperidine rings is 1. The number of carbonyl (C=O) groups excluding carboxylic acids is 1. The van der Waals surface area contributed by atoms with E-state index in [1.165, 1.54) is 5.56 Å². The van der Waals surface area contributed by atoms with E-state index in [-0.39, 0.29) is 13.1 Å². The third-order valence-electron chi connectivity index (χ3n) is 7.42. The van der Waals surface area contributed by atoms with Crippen molar-refractivity contribution in [2.45, 2.75) is 65.9 Å². The normalized spacial score (nSPS) is 22.5. The average Bonchev–Trinajstić information content (AvgIpc) is 2.75. The molecule has 7 heteroatoms. The molecular weight excluding hydrogens is 421 g/mol. The third-order valence-corrected chi connectivity index (χ3v) is 7.67. The number of hydrogen-bond acceptors (Lipinski definition) is 4. The van der Waals surface area contributed by atoms with Crippen LogP contribution in [0.25, 0.3) is 0 Å². The van der Waals surface area contributed by atoms with Gasteiger partial charge in [0.05, 0.1) is 0 Å². The van der Waals surface area contributed by atoms with E-state index in [2.05, 4.69) is 54.4 Å². The zero-order chi connectivity index (χ0) is 23.4. The van der Waals surface area contributed by atoms with Gasteiger partial charge in [-0.05, 0) is 68.2 Å². The minimum atomic E-state index is -0.389. The predicted octanol–water partition coefficient (Wildman–Crippen LogP) is 4.42. The lowest BCUT2D eigenvalue weighted by Gasteiger charge is -2.47. The SMILES string of the molecule is CB(O)N1CCC(CC(=O)N2CCN(C(c3ccc(Cl)cc3)C(C)C)C[C@@H]2C(C)C)CC1. The first-order valence-electron chi connectivity index (χ1n) is 12.4. The van der Waals surface area contributed by atoms with Gasteiger partial charge in [-0.2, -0.15) is 0 Å². The molecule has 1 unspecified atom stereocenters. The van der Waals surface area contributed by atoms with E-state index in [1.54, 1.807) is 0 Å². The molecule has 2 saturated heterocycles. The van der Waals surface area contributed by atoms with Gasteiger partial charge in [0.15, 0.2) is 0 Å². The second kappa shape index (κ2) is 11.4. The molecular formula is C25H41BClN3O2. The summed E-state index contributed by atoms with van der Waals surface area (Å²) in [6, 6.07) is 8.82. The Kier molecular flexibility index (Phi) is 9.08. The van der Waals surface area contributed by atoms with Gasteiger partial charge in [-0.1, -0.05) is 51.4 Å². The molecule has 2 atom stereocenters. The van der Waals surface area contributed by atoms with Crippen LogP contribution in [0, 0.1) is 17.8 Å². The molecule has 2 fully saturated rings. The number of carbonyl (C=O) groups is 1. The summed E-state index contributed by atoms with van der Waals surface area (Å²) in [5.41, 5.74) is 1.30. The number of piperazine rings is 1. The van der Waals surface area contributed by atoms with E-state index < -0.39 is 0 Å². The maximum absolute atomic E-state index is 13.3. The second-order valence-corrected chi connectivity index (χ2v) is 10.9. The Morgan fingerprint density at radius 3 is 2.25 bits per heavy atom. The summed E-state index contributed by atoms with van der Waals surface area (Å²) in [5.74, 6) is 1.63. The largest absolute Gasteiger partial charge is 0.437 e. The van der Waals surface area contributed by atoms with Crippen molar-refractivity contribution in [1.82, 2.24) is 14.6 Å². The van der Waals surface area contributed by atoms with Gasteiger partial charge in [0.25, 0.3) is 0 Å². The minimum Gasteiger partial charge on any atom is -0.437 e. The maximum atomic E-state index is 13.3. The summed E-state index contributed by atoms with van der Waals surface area (Å²) < 4.78 is 0. The van der Waals surface area contributed by atoms with Gasteiger partial charge in [0.1, 0.15) is 0 Å². The van der Waals surface area contributed by atoms with Crippen molar-refractivity contribution < 1.29 is 9.82 Å². The topological polar surface area (TPSA) is 47.0 Å². The van der Waals surface area contributed by atoms with Gasteiger partial charge in [-0.15, -0.1) is 0 Å². The molecule has 1 N–H and O–H groups in total. The van der Waals surface area contributed by atoms with E-state index in [0.29, 0.717) is 36.1 Å². The third kappa shape index (κ3) is 6.28. The summed E-state index contributed by atoms with van der Waals surface area (Å²) in [6.45, 7) is 15.2. The summed E-state index contributed by atoms with van der Waals surface area (Å²) in [6.07, 6.45) is 2.63. The fourth-order valence-corrected chi connectivity index (χ4v) is 5.66. The molecule has 2 heterocycles. The molecule has 0 aromatic heterocycles. The smallest absolute Gasteiger partial charge is 0.376 e. The van der Waals surface area contributed by atoms with Gasteiger partial charge in [0.2, 0.25) is 5.91 Å². The molecule has 0 bridgehead atoms. The Balaban J connectivity index is 1.65. The van der Waals surface area contributed by atoms with Gasteiger partial charge in [-0.25, -0.2) is 0 Å². The lowest BCUT2D eigenvalue weighted by atomic mass is 9.80. The van der Waals surface area contributed by atoms with Crippen LogP contribution in [0.4, 0.5) is 0 Å². The van der Waals surface area contributed by atoms with Gasteiger partial charge in [0, 0.05) is 43.2 Å². The van der Waals surface area contributed by atoms with Crippen LogP contribution >= 0.6 is 11.6 Å². The van der Waals surface area contributed by atoms with Crippen molar-refractivity contribution in [3.05, 3.63) is 34.9 Å². The molecule has 0 aliphatic carbocycles. The van der Waals surface area contributed by atoms with Gasteiger partial charge >= 0.3 is 7.05 Å². The number of hydrogen-bond donors (Lipinski definition) is 1. The quantitative estimate of drug-likeness (QED) is 0.611. The Morgan fingerprint density at radius 1 is 1.09 bits per heavy atom. The molecule has 1 amide bonds. The molecule has 1 aromatic carbocycles. The fraction of sp³-hybridized carbons (Fsp3) is 0.720. The van der Waals surface area contributed by atoms with Crippen molar-refractivity contribution >= 4 is 24.6 Å². The van der Waals surface area contributed by atoms with Crippen LogP contribution in [-0.4, -0.2) is 71.4 Å². The first-order chi connectivity index (χ1) is 15.2. The maximum Gasteiger partial charge on any atom is 0.376 e. The minimum absolute atomic E-state index is 0.238. The molecule has 2 aliphatic heterocycles. The van der Waals surface area contributed by atoms with Crippen molar-refractivity contribution in [3.63, 3.8) is 0 Å². The zero-order valence-electron chi connectivity index (χ0n) is 20.5. The van der Waals surface area contributed by atoms with Gasteiger partial charge < -0.3 is 14.7 Å². The first-order valence-corrected chi connectivity index (χ1v) is 12.8. The van der Waals surface area contributed by atoms with Crippen molar-refractivity contribution in [2.24, 2.45) is 17.8 Å². The van der Waals surface area contributed by atoms with Crippen LogP contribution in [0.1, 0.15) is 58.6 Å². The van der Waals surface area contributed by atoms with E-state index in [4.69, 9.17) is 11.6 Å². The van der Waals surface area contributed by atoms with Crippen LogP contribution in [0.2, 0.25) is 11.8 Å². The van der Waals surface area contributed by atoms with Crippen LogP contribution in [0.5, 0.6) is 0 Å². The highest BCUT2D eigenvalue weighted by atomic mass is 35.5. The summed E-state index contributed by atoms with van der Waals surface area (Å²) in [7, 11) is -0.389. The van der Waals surface area contributed by atoms with Crippen molar-refractivity contribution in [3.8, 4) is 0 Å². The first kappa shape index (κ1) is 25.5. The highest BCUT2D eigenvalue weighted by Crippen LogP contribution is 2.33. The standard InChI is InChI=1S/C25H41BClN3O2/c1-18(2)23-17-28(25(19(3)4)21-6-8-22(27)9-7-21)14-15-30(23)24(31)16-20-10-12-29(13-11-20)26(5)32/h6-9,18-20,23,25,32H,10-17H2,1-5H3/t23-,25?/m1/s1.